The van der Waals surface area contributed by atoms with Gasteiger partial charge in [-0.3, -0.25) is 4.79 Å². The van der Waals surface area contributed by atoms with Crippen molar-refractivity contribution in [2.45, 2.75) is 57.5 Å². The molecule has 3 atom stereocenters. The Kier molecular flexibility index (Phi) is 4.43. The van der Waals surface area contributed by atoms with Gasteiger partial charge in [0.2, 0.25) is 17.7 Å². The minimum atomic E-state index is 0.257. The Morgan fingerprint density at radius 1 is 1.15 bits per heavy atom. The number of benzene rings is 1. The molecule has 1 heterocycles. The lowest BCUT2D eigenvalue weighted by Crippen LogP contribution is -2.34. The zero-order valence-corrected chi connectivity index (χ0v) is 16.1. The average Bonchev–Trinajstić information content (AvgIpc) is 3.06. The molecule has 0 unspecified atom stereocenters. The van der Waals surface area contributed by atoms with E-state index in [1.54, 1.807) is 6.07 Å². The van der Waals surface area contributed by atoms with Gasteiger partial charge in [0.05, 0.1) is 17.1 Å². The van der Waals surface area contributed by atoms with E-state index in [9.17, 15) is 4.79 Å². The van der Waals surface area contributed by atoms with Crippen LogP contribution in [0.1, 0.15) is 50.8 Å². The van der Waals surface area contributed by atoms with Crippen molar-refractivity contribution in [2.24, 2.45) is 17.8 Å². The Morgan fingerprint density at radius 2 is 2.00 bits per heavy atom. The Hall–Kier alpha value is -1.88. The standard InChI is InChI=1S/C21H24ClN3O2/c22-18-4-2-1-3-17(18)21-24-23-19(27-21)12-25(16-7-8-16)20(26)11-15-10-13-5-6-14(15)9-13/h1-4,13-16H,5-12H2/t13-,14-,15-/m1/s1. The van der Waals surface area contributed by atoms with E-state index >= 15 is 0 Å². The van der Waals surface area contributed by atoms with Crippen LogP contribution >= 0.6 is 11.6 Å². The van der Waals surface area contributed by atoms with Gasteiger partial charge < -0.3 is 9.32 Å². The highest BCUT2D eigenvalue weighted by Gasteiger charge is 2.42. The first kappa shape index (κ1) is 17.2. The average molecular weight is 386 g/mol. The minimum absolute atomic E-state index is 0.257. The van der Waals surface area contributed by atoms with Crippen LogP contribution in [-0.2, 0) is 11.3 Å². The van der Waals surface area contributed by atoms with Gasteiger partial charge in [-0.1, -0.05) is 30.2 Å². The summed E-state index contributed by atoms with van der Waals surface area (Å²) in [5, 5.41) is 8.88. The van der Waals surface area contributed by atoms with E-state index in [2.05, 4.69) is 10.2 Å². The SMILES string of the molecule is O=C(C[C@H]1C[C@@H]2CC[C@@H]1C2)N(Cc1nnc(-c2ccccc2Cl)o1)C1CC1. The lowest BCUT2D eigenvalue weighted by Gasteiger charge is -2.26. The number of aromatic nitrogens is 2. The number of hydrogen-bond donors (Lipinski definition) is 0. The van der Waals surface area contributed by atoms with Crippen LogP contribution in [0, 0.1) is 17.8 Å². The van der Waals surface area contributed by atoms with Gasteiger partial charge in [0.15, 0.2) is 0 Å². The molecule has 1 aromatic heterocycles. The number of amides is 1. The lowest BCUT2D eigenvalue weighted by atomic mass is 9.86. The van der Waals surface area contributed by atoms with E-state index in [0.29, 0.717) is 41.7 Å². The Bertz CT molecular complexity index is 847. The van der Waals surface area contributed by atoms with Crippen molar-refractivity contribution in [3.63, 3.8) is 0 Å². The van der Waals surface area contributed by atoms with Crippen LogP contribution in [0.5, 0.6) is 0 Å². The van der Waals surface area contributed by atoms with Crippen LogP contribution in [0.15, 0.2) is 28.7 Å². The molecule has 2 bridgehead atoms. The molecule has 3 aliphatic rings. The van der Waals surface area contributed by atoms with Crippen molar-refractivity contribution in [2.75, 3.05) is 0 Å². The summed E-state index contributed by atoms with van der Waals surface area (Å²) >= 11 is 6.22. The molecule has 3 aliphatic carbocycles. The van der Waals surface area contributed by atoms with Crippen molar-refractivity contribution in [3.8, 4) is 11.5 Å². The molecular weight excluding hydrogens is 362 g/mol. The van der Waals surface area contributed by atoms with Gasteiger partial charge in [0.25, 0.3) is 0 Å². The van der Waals surface area contributed by atoms with Crippen molar-refractivity contribution in [3.05, 3.63) is 35.2 Å². The first-order valence-electron chi connectivity index (χ1n) is 10.0. The highest BCUT2D eigenvalue weighted by Crippen LogP contribution is 2.50. The normalized spacial score (nSPS) is 26.5. The molecule has 2 aromatic rings. The van der Waals surface area contributed by atoms with Gasteiger partial charge in [-0.05, 0) is 62.0 Å². The third-order valence-electron chi connectivity index (χ3n) is 6.51. The summed E-state index contributed by atoms with van der Waals surface area (Å²) in [6.07, 6.45) is 8.11. The second-order valence-corrected chi connectivity index (χ2v) is 8.78. The second kappa shape index (κ2) is 6.93. The summed E-state index contributed by atoms with van der Waals surface area (Å²) in [5.41, 5.74) is 0.726. The topological polar surface area (TPSA) is 59.2 Å². The van der Waals surface area contributed by atoms with E-state index in [4.69, 9.17) is 16.0 Å². The molecular formula is C21H24ClN3O2. The fraction of sp³-hybridized carbons (Fsp3) is 0.571. The summed E-state index contributed by atoms with van der Waals surface area (Å²) in [6.45, 7) is 0.405. The van der Waals surface area contributed by atoms with E-state index in [-0.39, 0.29) is 5.91 Å². The maximum atomic E-state index is 13.0. The molecule has 0 N–H and O–H groups in total. The summed E-state index contributed by atoms with van der Waals surface area (Å²) in [6, 6.07) is 7.76. The number of nitrogens with zero attached hydrogens (tertiary/aromatic N) is 3. The lowest BCUT2D eigenvalue weighted by molar-refractivity contribution is -0.134. The largest absolute Gasteiger partial charge is 0.419 e. The third kappa shape index (κ3) is 3.49. The second-order valence-electron chi connectivity index (χ2n) is 8.37. The van der Waals surface area contributed by atoms with E-state index in [1.165, 1.54) is 25.7 Å². The predicted molar refractivity (Wildman–Crippen MR) is 102 cm³/mol. The van der Waals surface area contributed by atoms with Gasteiger partial charge >= 0.3 is 0 Å². The molecule has 5 nitrogen and oxygen atoms in total. The molecule has 0 radical (unpaired) electrons. The molecule has 0 spiro atoms. The van der Waals surface area contributed by atoms with Crippen LogP contribution in [0.2, 0.25) is 5.02 Å². The molecule has 142 valence electrons. The Morgan fingerprint density at radius 3 is 2.70 bits per heavy atom. The number of carbonyl (C=O) groups is 1. The molecule has 27 heavy (non-hydrogen) atoms. The number of rotatable bonds is 6. The quantitative estimate of drug-likeness (QED) is 0.722. The zero-order chi connectivity index (χ0) is 18.4. The molecule has 1 amide bonds. The maximum absolute atomic E-state index is 13.0. The van der Waals surface area contributed by atoms with Crippen LogP contribution < -0.4 is 0 Å². The Balaban J connectivity index is 1.28. The van der Waals surface area contributed by atoms with Crippen molar-refractivity contribution in [1.82, 2.24) is 15.1 Å². The molecule has 6 heteroatoms. The van der Waals surface area contributed by atoms with Crippen molar-refractivity contribution < 1.29 is 9.21 Å². The van der Waals surface area contributed by atoms with E-state index < -0.39 is 0 Å². The molecule has 5 rings (SSSR count). The van der Waals surface area contributed by atoms with Gasteiger partial charge in [-0.2, -0.15) is 0 Å². The van der Waals surface area contributed by atoms with Crippen molar-refractivity contribution >= 4 is 17.5 Å². The monoisotopic (exact) mass is 385 g/mol. The first-order valence-corrected chi connectivity index (χ1v) is 10.4. The summed E-state index contributed by atoms with van der Waals surface area (Å²) in [4.78, 5) is 15.0. The highest BCUT2D eigenvalue weighted by atomic mass is 35.5. The fourth-order valence-electron chi connectivity index (χ4n) is 4.98. The van der Waals surface area contributed by atoms with Crippen LogP contribution in [0.25, 0.3) is 11.5 Å². The van der Waals surface area contributed by atoms with Crippen LogP contribution in [0.3, 0.4) is 0 Å². The van der Waals surface area contributed by atoms with Gasteiger partial charge in [0.1, 0.15) is 0 Å². The van der Waals surface area contributed by atoms with E-state index in [0.717, 1.165) is 30.2 Å². The predicted octanol–water partition coefficient (Wildman–Crippen LogP) is 4.71. The van der Waals surface area contributed by atoms with Crippen LogP contribution in [-0.4, -0.2) is 27.0 Å². The summed E-state index contributed by atoms with van der Waals surface area (Å²) in [7, 11) is 0. The Labute approximate surface area is 164 Å². The fourth-order valence-corrected chi connectivity index (χ4v) is 5.20. The molecule has 3 fully saturated rings. The summed E-state index contributed by atoms with van der Waals surface area (Å²) in [5.74, 6) is 3.38. The molecule has 0 aliphatic heterocycles. The zero-order valence-electron chi connectivity index (χ0n) is 15.3. The third-order valence-corrected chi connectivity index (χ3v) is 6.84. The van der Waals surface area contributed by atoms with Gasteiger partial charge in [-0.25, -0.2) is 0 Å². The van der Waals surface area contributed by atoms with Crippen molar-refractivity contribution in [1.29, 1.82) is 0 Å². The maximum Gasteiger partial charge on any atom is 0.249 e. The molecule has 3 saturated carbocycles. The number of halogens is 1. The van der Waals surface area contributed by atoms with Gasteiger partial charge in [-0.15, -0.1) is 10.2 Å². The summed E-state index contributed by atoms with van der Waals surface area (Å²) < 4.78 is 5.83. The van der Waals surface area contributed by atoms with Gasteiger partial charge in [0, 0.05) is 12.5 Å². The molecule has 1 aromatic carbocycles. The number of carbonyl (C=O) groups excluding carboxylic acids is 1. The van der Waals surface area contributed by atoms with Crippen LogP contribution in [0.4, 0.5) is 0 Å². The van der Waals surface area contributed by atoms with E-state index in [1.807, 2.05) is 23.1 Å². The number of fused-ring (bicyclic) bond motifs is 2. The first-order chi connectivity index (χ1) is 13.2. The smallest absolute Gasteiger partial charge is 0.249 e. The number of hydrogen-bond acceptors (Lipinski definition) is 4. The molecule has 0 saturated heterocycles. The highest BCUT2D eigenvalue weighted by molar-refractivity contribution is 6.33. The minimum Gasteiger partial charge on any atom is -0.419 e.